The topological polar surface area (TPSA) is 105 Å². The zero-order chi connectivity index (χ0) is 23.6. The molecule has 2 N–H and O–H groups in total. The predicted molar refractivity (Wildman–Crippen MR) is 123 cm³/mol. The van der Waals surface area contributed by atoms with Crippen molar-refractivity contribution in [1.29, 1.82) is 0 Å². The number of nitrogens with zero attached hydrogens (tertiary/aromatic N) is 1. The summed E-state index contributed by atoms with van der Waals surface area (Å²) in [5, 5.41) is 11.5. The molecule has 0 spiro atoms. The quantitative estimate of drug-likeness (QED) is 0.477. The number of hydrogen-bond donors (Lipinski definition) is 2. The summed E-state index contributed by atoms with van der Waals surface area (Å²) in [5.41, 5.74) is 4.65. The number of hydrogen-bond acceptors (Lipinski definition) is 5. The van der Waals surface area contributed by atoms with Crippen LogP contribution in [-0.2, 0) is 19.1 Å². The molecule has 0 saturated heterocycles. The third kappa shape index (κ3) is 6.55. The molecule has 0 atom stereocenters. The third-order valence-electron chi connectivity index (χ3n) is 5.49. The molecule has 2 aromatic rings. The molecule has 0 bridgehead atoms. The van der Waals surface area contributed by atoms with Crippen LogP contribution in [-0.4, -0.2) is 67.4 Å². The van der Waals surface area contributed by atoms with E-state index in [-0.39, 0.29) is 51.2 Å². The van der Waals surface area contributed by atoms with E-state index in [1.807, 2.05) is 31.2 Å². The van der Waals surface area contributed by atoms with E-state index in [2.05, 4.69) is 29.6 Å². The number of nitrogens with one attached hydrogen (secondary N) is 1. The Balaban J connectivity index is 1.36. The fraction of sp³-hybridized carbons (Fsp3) is 0.400. The zero-order valence-corrected chi connectivity index (χ0v) is 18.8. The Hall–Kier alpha value is -3.39. The Labute approximate surface area is 193 Å². The van der Waals surface area contributed by atoms with Crippen molar-refractivity contribution in [2.45, 2.75) is 25.7 Å². The highest BCUT2D eigenvalue weighted by Gasteiger charge is 2.28. The van der Waals surface area contributed by atoms with Crippen molar-refractivity contribution in [3.63, 3.8) is 0 Å². The molecule has 0 aliphatic heterocycles. The maximum Gasteiger partial charge on any atom is 0.407 e. The van der Waals surface area contributed by atoms with Crippen LogP contribution in [0, 0.1) is 0 Å². The van der Waals surface area contributed by atoms with E-state index in [1.54, 1.807) is 0 Å². The van der Waals surface area contributed by atoms with E-state index in [9.17, 15) is 14.4 Å². The van der Waals surface area contributed by atoms with Gasteiger partial charge in [0.15, 0.2) is 0 Å². The van der Waals surface area contributed by atoms with Gasteiger partial charge in [0.1, 0.15) is 13.2 Å². The minimum Gasteiger partial charge on any atom is -0.480 e. The van der Waals surface area contributed by atoms with Crippen molar-refractivity contribution in [3.05, 3.63) is 59.7 Å². The smallest absolute Gasteiger partial charge is 0.407 e. The number of aliphatic carboxylic acids is 1. The molecule has 2 amide bonds. The second kappa shape index (κ2) is 12.0. The number of carbonyl (C=O) groups is 3. The molecular formula is C25H30N2O6. The third-order valence-corrected chi connectivity index (χ3v) is 5.49. The predicted octanol–water partition coefficient (Wildman–Crippen LogP) is 3.26. The highest BCUT2D eigenvalue weighted by molar-refractivity contribution is 5.81. The van der Waals surface area contributed by atoms with Gasteiger partial charge in [-0.15, -0.1) is 0 Å². The molecule has 0 heterocycles. The first-order valence-corrected chi connectivity index (χ1v) is 11.2. The van der Waals surface area contributed by atoms with Crippen molar-refractivity contribution in [3.8, 4) is 11.1 Å². The number of ether oxygens (including phenoxy) is 2. The van der Waals surface area contributed by atoms with Crippen LogP contribution in [0.15, 0.2) is 48.5 Å². The maximum absolute atomic E-state index is 12.1. The van der Waals surface area contributed by atoms with Crippen molar-refractivity contribution in [2.75, 3.05) is 39.5 Å². The summed E-state index contributed by atoms with van der Waals surface area (Å²) in [7, 11) is 0. The van der Waals surface area contributed by atoms with Crippen LogP contribution in [0.3, 0.4) is 0 Å². The van der Waals surface area contributed by atoms with Crippen LogP contribution in [0.5, 0.6) is 0 Å². The van der Waals surface area contributed by atoms with E-state index in [1.165, 1.54) is 16.0 Å². The number of carboxylic acids is 1. The van der Waals surface area contributed by atoms with Gasteiger partial charge in [-0.2, -0.15) is 0 Å². The molecule has 8 heteroatoms. The van der Waals surface area contributed by atoms with E-state index in [0.29, 0.717) is 13.0 Å². The molecule has 2 aromatic carbocycles. The summed E-state index contributed by atoms with van der Waals surface area (Å²) in [4.78, 5) is 36.4. The first-order chi connectivity index (χ1) is 16.0. The van der Waals surface area contributed by atoms with Gasteiger partial charge in [-0.05, 0) is 28.7 Å². The van der Waals surface area contributed by atoms with Crippen LogP contribution in [0.25, 0.3) is 11.1 Å². The van der Waals surface area contributed by atoms with Gasteiger partial charge in [0.2, 0.25) is 5.91 Å². The normalized spacial score (nSPS) is 12.0. The second-order valence-electron chi connectivity index (χ2n) is 7.82. The standard InChI is InChI=1S/C25H30N2O6/c1-2-13-27(16-24(29)30)23(28)11-14-32-15-12-26-25(31)33-17-22-20-9-5-3-7-18(20)19-8-4-6-10-21(19)22/h3-10,22H,2,11-17H2,1H3,(H,26,31)(H,29,30). The molecular weight excluding hydrogens is 424 g/mol. The summed E-state index contributed by atoms with van der Waals surface area (Å²) in [6.45, 7) is 2.85. The van der Waals surface area contributed by atoms with Crippen LogP contribution >= 0.6 is 0 Å². The van der Waals surface area contributed by atoms with E-state index in [0.717, 1.165) is 11.1 Å². The fourth-order valence-corrected chi connectivity index (χ4v) is 4.02. The Morgan fingerprint density at radius 1 is 1.00 bits per heavy atom. The van der Waals surface area contributed by atoms with Gasteiger partial charge < -0.3 is 24.8 Å². The Kier molecular flexibility index (Phi) is 8.83. The van der Waals surface area contributed by atoms with Crippen molar-refractivity contribution >= 4 is 18.0 Å². The Morgan fingerprint density at radius 3 is 2.24 bits per heavy atom. The van der Waals surface area contributed by atoms with Crippen molar-refractivity contribution in [1.82, 2.24) is 10.2 Å². The average molecular weight is 455 g/mol. The Bertz CT molecular complexity index is 931. The fourth-order valence-electron chi connectivity index (χ4n) is 4.02. The van der Waals surface area contributed by atoms with Gasteiger partial charge in [0.25, 0.3) is 0 Å². The van der Waals surface area contributed by atoms with Crippen LogP contribution in [0.4, 0.5) is 4.79 Å². The minimum atomic E-state index is -1.04. The molecule has 176 valence electrons. The van der Waals surface area contributed by atoms with E-state index in [4.69, 9.17) is 14.6 Å². The number of amides is 2. The number of carbonyl (C=O) groups excluding carboxylic acids is 2. The average Bonchev–Trinajstić information content (AvgIpc) is 3.13. The lowest BCUT2D eigenvalue weighted by Crippen LogP contribution is -2.36. The zero-order valence-electron chi connectivity index (χ0n) is 18.8. The molecule has 3 rings (SSSR count). The van der Waals surface area contributed by atoms with Crippen LogP contribution in [0.1, 0.15) is 36.8 Å². The molecule has 0 radical (unpaired) electrons. The highest BCUT2D eigenvalue weighted by atomic mass is 16.5. The van der Waals surface area contributed by atoms with Gasteiger partial charge in [0.05, 0.1) is 19.6 Å². The lowest BCUT2D eigenvalue weighted by atomic mass is 9.98. The van der Waals surface area contributed by atoms with Gasteiger partial charge in [-0.25, -0.2) is 4.79 Å². The SMILES string of the molecule is CCCN(CC(=O)O)C(=O)CCOCCNC(=O)OCC1c2ccccc2-c2ccccc21. The largest absolute Gasteiger partial charge is 0.480 e. The highest BCUT2D eigenvalue weighted by Crippen LogP contribution is 2.44. The summed E-state index contributed by atoms with van der Waals surface area (Å²) in [6.07, 6.45) is 0.259. The number of rotatable bonds is 12. The van der Waals surface area contributed by atoms with Crippen LogP contribution in [0.2, 0.25) is 0 Å². The molecule has 0 saturated carbocycles. The number of fused-ring (bicyclic) bond motifs is 3. The van der Waals surface area contributed by atoms with Gasteiger partial charge >= 0.3 is 12.1 Å². The van der Waals surface area contributed by atoms with E-state index < -0.39 is 12.1 Å². The summed E-state index contributed by atoms with van der Waals surface area (Å²) in [5.74, 6) is -1.30. The summed E-state index contributed by atoms with van der Waals surface area (Å²) < 4.78 is 10.9. The first kappa shape index (κ1) is 24.3. The van der Waals surface area contributed by atoms with Crippen molar-refractivity contribution < 1.29 is 29.0 Å². The number of alkyl carbamates (subject to hydrolysis) is 1. The van der Waals surface area contributed by atoms with Gasteiger partial charge in [-0.3, -0.25) is 9.59 Å². The van der Waals surface area contributed by atoms with Crippen molar-refractivity contribution in [2.24, 2.45) is 0 Å². The molecule has 1 aliphatic rings. The summed E-state index contributed by atoms with van der Waals surface area (Å²) >= 11 is 0. The number of carboxylic acid groups (broad SMARTS) is 1. The second-order valence-corrected chi connectivity index (χ2v) is 7.82. The van der Waals surface area contributed by atoms with Gasteiger partial charge in [-0.1, -0.05) is 55.5 Å². The molecule has 0 unspecified atom stereocenters. The van der Waals surface area contributed by atoms with Crippen LogP contribution < -0.4 is 5.32 Å². The molecule has 0 fully saturated rings. The molecule has 1 aliphatic carbocycles. The lowest BCUT2D eigenvalue weighted by molar-refractivity contribution is -0.144. The van der Waals surface area contributed by atoms with E-state index >= 15 is 0 Å². The minimum absolute atomic E-state index is 0.00211. The number of benzene rings is 2. The maximum atomic E-state index is 12.1. The Morgan fingerprint density at radius 2 is 1.64 bits per heavy atom. The first-order valence-electron chi connectivity index (χ1n) is 11.2. The molecule has 8 nitrogen and oxygen atoms in total. The lowest BCUT2D eigenvalue weighted by Gasteiger charge is -2.19. The van der Waals surface area contributed by atoms with Gasteiger partial charge in [0, 0.05) is 19.0 Å². The molecule has 33 heavy (non-hydrogen) atoms. The summed E-state index contributed by atoms with van der Waals surface area (Å²) in [6, 6.07) is 16.3. The molecule has 0 aromatic heterocycles. The monoisotopic (exact) mass is 454 g/mol.